The Morgan fingerprint density at radius 1 is 1.10 bits per heavy atom. The highest BCUT2D eigenvalue weighted by Gasteiger charge is 2.19. The number of thiophene rings is 1. The summed E-state index contributed by atoms with van der Waals surface area (Å²) in [6, 6.07) is 8.17. The maximum Gasteiger partial charge on any atom is 0.204 e. The molecule has 106 valence electrons. The first-order valence-electron chi connectivity index (χ1n) is 6.83. The van der Waals surface area contributed by atoms with Crippen LogP contribution in [0.15, 0.2) is 34.1 Å². The van der Waals surface area contributed by atoms with Crippen molar-refractivity contribution in [2.75, 3.05) is 0 Å². The molecule has 0 N–H and O–H groups in total. The minimum Gasteiger partial charge on any atom is -0.288 e. The lowest BCUT2D eigenvalue weighted by molar-refractivity contribution is 0.104. The number of hydrogen-bond acceptors (Lipinski definition) is 2. The average Bonchev–Trinajstić information content (AvgIpc) is 2.83. The molecule has 0 saturated heterocycles. The van der Waals surface area contributed by atoms with E-state index in [1.54, 1.807) is 0 Å². The van der Waals surface area contributed by atoms with E-state index in [0.29, 0.717) is 11.8 Å². The third-order valence-corrected chi connectivity index (χ3v) is 5.27. The average molecular weight is 351 g/mol. The van der Waals surface area contributed by atoms with Crippen molar-refractivity contribution >= 4 is 33.0 Å². The summed E-state index contributed by atoms with van der Waals surface area (Å²) in [6.45, 7) is 8.63. The molecule has 2 aromatic rings. The first-order valence-corrected chi connectivity index (χ1v) is 8.50. The van der Waals surface area contributed by atoms with Crippen molar-refractivity contribution in [3.05, 3.63) is 55.7 Å². The minimum atomic E-state index is 0.117. The van der Waals surface area contributed by atoms with Crippen LogP contribution in [0.3, 0.4) is 0 Å². The zero-order valence-corrected chi connectivity index (χ0v) is 14.6. The summed E-state index contributed by atoms with van der Waals surface area (Å²) in [6.07, 6.45) is 0. The predicted octanol–water partition coefficient (Wildman–Crippen LogP) is 5.99. The van der Waals surface area contributed by atoms with Gasteiger partial charge in [0.25, 0.3) is 0 Å². The monoisotopic (exact) mass is 350 g/mol. The van der Waals surface area contributed by atoms with E-state index in [9.17, 15) is 4.79 Å². The van der Waals surface area contributed by atoms with E-state index in [1.165, 1.54) is 16.9 Å². The lowest BCUT2D eigenvalue weighted by atomic mass is 9.89. The molecule has 0 atom stereocenters. The highest BCUT2D eigenvalue weighted by molar-refractivity contribution is 9.10. The molecule has 0 bridgehead atoms. The maximum atomic E-state index is 12.7. The topological polar surface area (TPSA) is 17.1 Å². The summed E-state index contributed by atoms with van der Waals surface area (Å²) in [4.78, 5) is 13.5. The Morgan fingerprint density at radius 2 is 1.80 bits per heavy atom. The zero-order valence-electron chi connectivity index (χ0n) is 12.2. The largest absolute Gasteiger partial charge is 0.288 e. The van der Waals surface area contributed by atoms with Gasteiger partial charge in [0.15, 0.2) is 0 Å². The molecule has 1 heterocycles. The van der Waals surface area contributed by atoms with Crippen molar-refractivity contribution < 1.29 is 4.79 Å². The number of rotatable bonds is 4. The Balaban J connectivity index is 2.51. The number of halogens is 1. The van der Waals surface area contributed by atoms with Crippen LogP contribution in [0.1, 0.15) is 65.9 Å². The second kappa shape index (κ2) is 6.23. The number of carbonyl (C=O) groups excluding carboxylic acids is 1. The van der Waals surface area contributed by atoms with Crippen LogP contribution in [0.2, 0.25) is 0 Å². The van der Waals surface area contributed by atoms with Gasteiger partial charge in [0.1, 0.15) is 0 Å². The van der Waals surface area contributed by atoms with E-state index in [2.05, 4.69) is 55.8 Å². The van der Waals surface area contributed by atoms with Crippen molar-refractivity contribution in [1.29, 1.82) is 0 Å². The van der Waals surface area contributed by atoms with Gasteiger partial charge in [0.05, 0.1) is 4.88 Å². The number of ketones is 1. The van der Waals surface area contributed by atoms with Crippen LogP contribution in [0.4, 0.5) is 0 Å². The van der Waals surface area contributed by atoms with Crippen molar-refractivity contribution in [3.8, 4) is 0 Å². The van der Waals surface area contributed by atoms with Gasteiger partial charge in [-0.25, -0.2) is 0 Å². The third kappa shape index (κ3) is 3.04. The summed E-state index contributed by atoms with van der Waals surface area (Å²) >= 11 is 4.94. The van der Waals surface area contributed by atoms with Gasteiger partial charge < -0.3 is 0 Å². The zero-order chi connectivity index (χ0) is 14.9. The molecule has 1 aromatic heterocycles. The normalized spacial score (nSPS) is 11.3. The number of hydrogen-bond donors (Lipinski definition) is 0. The molecular formula is C17H19BrOS. The van der Waals surface area contributed by atoms with E-state index in [4.69, 9.17) is 0 Å². The smallest absolute Gasteiger partial charge is 0.204 e. The minimum absolute atomic E-state index is 0.117. The van der Waals surface area contributed by atoms with Crippen molar-refractivity contribution in [2.24, 2.45) is 0 Å². The first-order chi connectivity index (χ1) is 9.41. The molecule has 20 heavy (non-hydrogen) atoms. The Morgan fingerprint density at radius 3 is 2.30 bits per heavy atom. The molecule has 2 rings (SSSR count). The second-order valence-electron chi connectivity index (χ2n) is 5.58. The Kier molecular flexibility index (Phi) is 4.82. The van der Waals surface area contributed by atoms with Gasteiger partial charge >= 0.3 is 0 Å². The lowest BCUT2D eigenvalue weighted by Crippen LogP contribution is -2.07. The summed E-state index contributed by atoms with van der Waals surface area (Å²) in [7, 11) is 0. The number of benzene rings is 1. The lowest BCUT2D eigenvalue weighted by Gasteiger charge is -2.15. The van der Waals surface area contributed by atoms with Crippen molar-refractivity contribution in [2.45, 2.75) is 39.5 Å². The highest BCUT2D eigenvalue weighted by Crippen LogP contribution is 2.30. The Labute approximate surface area is 133 Å². The van der Waals surface area contributed by atoms with Crippen molar-refractivity contribution in [1.82, 2.24) is 0 Å². The molecule has 1 aromatic carbocycles. The van der Waals surface area contributed by atoms with Crippen LogP contribution in [0, 0.1) is 0 Å². The molecule has 0 unspecified atom stereocenters. The van der Waals surface area contributed by atoms with Gasteiger partial charge in [0, 0.05) is 10.0 Å². The molecule has 3 heteroatoms. The van der Waals surface area contributed by atoms with E-state index < -0.39 is 0 Å². The fourth-order valence-corrected chi connectivity index (χ4v) is 3.71. The Hall–Kier alpha value is -0.930. The molecule has 0 aliphatic heterocycles. The SMILES string of the molecule is CC(C)c1ccc(C(=O)c2sccc2Br)c(C(C)C)c1. The quantitative estimate of drug-likeness (QED) is 0.619. The fraction of sp³-hybridized carbons (Fsp3) is 0.353. The fourth-order valence-electron chi connectivity index (χ4n) is 2.20. The molecule has 0 saturated carbocycles. The third-order valence-electron chi connectivity index (χ3n) is 3.43. The maximum absolute atomic E-state index is 12.7. The predicted molar refractivity (Wildman–Crippen MR) is 90.1 cm³/mol. The van der Waals surface area contributed by atoms with Crippen LogP contribution in [0.5, 0.6) is 0 Å². The van der Waals surface area contributed by atoms with E-state index in [0.717, 1.165) is 20.5 Å². The molecular weight excluding hydrogens is 332 g/mol. The van der Waals surface area contributed by atoms with Gasteiger partial charge in [-0.3, -0.25) is 4.79 Å². The molecule has 0 fully saturated rings. The van der Waals surface area contributed by atoms with Crippen molar-refractivity contribution in [3.63, 3.8) is 0 Å². The molecule has 0 aliphatic rings. The first kappa shape index (κ1) is 15.5. The van der Waals surface area contributed by atoms with Crippen LogP contribution < -0.4 is 0 Å². The summed E-state index contributed by atoms with van der Waals surface area (Å²) < 4.78 is 0.884. The molecule has 0 spiro atoms. The molecule has 0 radical (unpaired) electrons. The molecule has 0 aliphatic carbocycles. The molecule has 1 nitrogen and oxygen atoms in total. The second-order valence-corrected chi connectivity index (χ2v) is 7.35. The molecule has 0 amide bonds. The van der Waals surface area contributed by atoms with Crippen LogP contribution >= 0.6 is 27.3 Å². The van der Waals surface area contributed by atoms with Gasteiger partial charge in [-0.05, 0) is 50.3 Å². The van der Waals surface area contributed by atoms with Gasteiger partial charge in [-0.1, -0.05) is 45.9 Å². The van der Waals surface area contributed by atoms with Gasteiger partial charge in [0.2, 0.25) is 5.78 Å². The van der Waals surface area contributed by atoms with E-state index in [1.807, 2.05) is 17.5 Å². The van der Waals surface area contributed by atoms with Crippen LogP contribution in [0.25, 0.3) is 0 Å². The van der Waals surface area contributed by atoms with E-state index >= 15 is 0 Å². The highest BCUT2D eigenvalue weighted by atomic mass is 79.9. The summed E-state index contributed by atoms with van der Waals surface area (Å²) in [5.74, 6) is 0.933. The van der Waals surface area contributed by atoms with Gasteiger partial charge in [-0.2, -0.15) is 0 Å². The summed E-state index contributed by atoms with van der Waals surface area (Å²) in [5, 5.41) is 1.94. The van der Waals surface area contributed by atoms with E-state index in [-0.39, 0.29) is 5.78 Å². The number of carbonyl (C=O) groups is 1. The summed E-state index contributed by atoms with van der Waals surface area (Å²) in [5.41, 5.74) is 3.25. The van der Waals surface area contributed by atoms with Crippen LogP contribution in [-0.2, 0) is 0 Å². The Bertz CT molecular complexity index is 626. The van der Waals surface area contributed by atoms with Crippen LogP contribution in [-0.4, -0.2) is 5.78 Å². The van der Waals surface area contributed by atoms with Gasteiger partial charge in [-0.15, -0.1) is 11.3 Å². The standard InChI is InChI=1S/C17H19BrOS/c1-10(2)12-5-6-13(14(9-12)11(3)4)16(19)17-15(18)7-8-20-17/h5-11H,1-4H3.